The largest absolute Gasteiger partial charge is 0.370 e. The molecule has 6 N–H and O–H groups in total. The monoisotopic (exact) mass is 223 g/mol. The first kappa shape index (κ1) is 14.7. The fourth-order valence-corrected chi connectivity index (χ4v) is 1.75. The Balaban J connectivity index is 4.68. The molecule has 0 aliphatic carbocycles. The van der Waals surface area contributed by atoms with E-state index in [9.17, 15) is 0 Å². The molecule has 0 aliphatic rings. The van der Waals surface area contributed by atoms with Crippen molar-refractivity contribution < 1.29 is 0 Å². The topological polar surface area (TPSA) is 87.9 Å². The lowest BCUT2D eigenvalue weighted by atomic mass is 9.85. The molecule has 0 spiro atoms. The van der Waals surface area contributed by atoms with Crippen molar-refractivity contribution in [3.05, 3.63) is 32.2 Å². The minimum atomic E-state index is -0.301. The molecule has 0 aromatic rings. The van der Waals surface area contributed by atoms with E-state index in [0.29, 0.717) is 12.8 Å². The van der Waals surface area contributed by atoms with E-state index in [2.05, 4.69) is 25.4 Å². The number of nitrogens with two attached hydrogens (primary N) is 2. The third-order valence-electron chi connectivity index (χ3n) is 2.46. The second-order valence-electron chi connectivity index (χ2n) is 4.10. The summed E-state index contributed by atoms with van der Waals surface area (Å²) in [7, 11) is 0. The zero-order valence-electron chi connectivity index (χ0n) is 9.84. The smallest absolute Gasteiger partial charge is 0.186 e. The molecular weight excluding hydrogens is 200 g/mol. The van der Waals surface area contributed by atoms with E-state index in [4.69, 9.17) is 16.9 Å². The number of guanidine groups is 1. The summed E-state index contributed by atoms with van der Waals surface area (Å²) in [5, 5.41) is 10.3. The van der Waals surface area contributed by atoms with Gasteiger partial charge >= 0.3 is 0 Å². The standard InChI is InChI=1S/C12H23N4/c1-4-7-12(8-5-2,16-11(14)15)9-6-10(3)13/h4-5,10H,1-3,6-9,13H2,(H4,14,15,16). The maximum atomic E-state index is 7.34. The van der Waals surface area contributed by atoms with E-state index >= 15 is 0 Å². The Bertz CT molecular complexity index is 235. The first-order chi connectivity index (χ1) is 7.45. The second kappa shape index (κ2) is 7.06. The van der Waals surface area contributed by atoms with Gasteiger partial charge in [0, 0.05) is 11.6 Å². The van der Waals surface area contributed by atoms with Crippen LogP contribution in [0.4, 0.5) is 0 Å². The van der Waals surface area contributed by atoms with Gasteiger partial charge in [-0.15, -0.1) is 13.2 Å². The third-order valence-corrected chi connectivity index (χ3v) is 2.46. The summed E-state index contributed by atoms with van der Waals surface area (Å²) in [4.78, 5) is 0. The van der Waals surface area contributed by atoms with Gasteiger partial charge in [0.15, 0.2) is 5.96 Å². The first-order valence-corrected chi connectivity index (χ1v) is 5.38. The molecule has 0 bridgehead atoms. The van der Waals surface area contributed by atoms with Gasteiger partial charge in [0.25, 0.3) is 0 Å². The van der Waals surface area contributed by atoms with Gasteiger partial charge in [-0.1, -0.05) is 12.2 Å². The molecule has 0 rings (SSSR count). The van der Waals surface area contributed by atoms with Gasteiger partial charge in [0.2, 0.25) is 0 Å². The average molecular weight is 223 g/mol. The van der Waals surface area contributed by atoms with Gasteiger partial charge in [-0.25, -0.2) is 0 Å². The van der Waals surface area contributed by atoms with Crippen LogP contribution in [0.1, 0.15) is 25.7 Å². The van der Waals surface area contributed by atoms with E-state index in [1.165, 1.54) is 0 Å². The predicted octanol–water partition coefficient (Wildman–Crippen LogP) is 1.30. The Morgan fingerprint density at radius 1 is 1.38 bits per heavy atom. The van der Waals surface area contributed by atoms with Crippen molar-refractivity contribution in [3.8, 4) is 0 Å². The van der Waals surface area contributed by atoms with Crippen LogP contribution >= 0.6 is 0 Å². The molecule has 0 saturated carbocycles. The highest BCUT2D eigenvalue weighted by Crippen LogP contribution is 2.23. The van der Waals surface area contributed by atoms with Crippen LogP contribution in [-0.2, 0) is 0 Å². The van der Waals surface area contributed by atoms with Gasteiger partial charge < -0.3 is 16.8 Å². The predicted molar refractivity (Wildman–Crippen MR) is 70.0 cm³/mol. The van der Waals surface area contributed by atoms with Crippen LogP contribution in [0.25, 0.3) is 0 Å². The molecule has 4 nitrogen and oxygen atoms in total. The minimum Gasteiger partial charge on any atom is -0.370 e. The van der Waals surface area contributed by atoms with Gasteiger partial charge in [0.1, 0.15) is 0 Å². The highest BCUT2D eigenvalue weighted by Gasteiger charge is 2.27. The second-order valence-corrected chi connectivity index (χ2v) is 4.10. The number of hydrogen-bond donors (Lipinski definition) is 4. The number of nitrogens with one attached hydrogen (secondary N) is 2. The molecular formula is C12H23N4. The molecule has 91 valence electrons. The lowest BCUT2D eigenvalue weighted by Crippen LogP contribution is -2.51. The van der Waals surface area contributed by atoms with Gasteiger partial charge in [0.05, 0.1) is 0 Å². The average Bonchev–Trinajstić information content (AvgIpc) is 2.14. The molecule has 0 amide bonds. The summed E-state index contributed by atoms with van der Waals surface area (Å²) in [6.07, 6.45) is 6.61. The summed E-state index contributed by atoms with van der Waals surface area (Å²) in [5.74, 6) is -0.0404. The van der Waals surface area contributed by atoms with E-state index in [1.807, 2.05) is 12.2 Å². The Hall–Kier alpha value is -1.29. The first-order valence-electron chi connectivity index (χ1n) is 5.38. The van der Waals surface area contributed by atoms with Crippen molar-refractivity contribution in [1.29, 1.82) is 5.41 Å². The van der Waals surface area contributed by atoms with Crippen LogP contribution in [0, 0.1) is 12.3 Å². The molecule has 4 heteroatoms. The molecule has 1 atom stereocenters. The summed E-state index contributed by atoms with van der Waals surface area (Å²) >= 11 is 0. The maximum Gasteiger partial charge on any atom is 0.186 e. The van der Waals surface area contributed by atoms with Crippen molar-refractivity contribution in [2.24, 2.45) is 11.5 Å². The van der Waals surface area contributed by atoms with Crippen molar-refractivity contribution >= 4 is 5.96 Å². The number of rotatable bonds is 8. The van der Waals surface area contributed by atoms with Crippen molar-refractivity contribution in [2.75, 3.05) is 0 Å². The lowest BCUT2D eigenvalue weighted by molar-refractivity contribution is 0.340. The molecule has 1 unspecified atom stereocenters. The van der Waals surface area contributed by atoms with Crippen LogP contribution in [-0.4, -0.2) is 17.5 Å². The van der Waals surface area contributed by atoms with Crippen LogP contribution in [0.3, 0.4) is 0 Å². The van der Waals surface area contributed by atoms with Crippen molar-refractivity contribution in [2.45, 2.75) is 37.3 Å². The van der Waals surface area contributed by atoms with Gasteiger partial charge in [-0.3, -0.25) is 5.41 Å². The molecule has 0 heterocycles. The molecule has 0 aromatic carbocycles. The third kappa shape index (κ3) is 5.56. The molecule has 16 heavy (non-hydrogen) atoms. The fourth-order valence-electron chi connectivity index (χ4n) is 1.75. The summed E-state index contributed by atoms with van der Waals surface area (Å²) < 4.78 is 0. The van der Waals surface area contributed by atoms with E-state index < -0.39 is 0 Å². The quantitative estimate of drug-likeness (QED) is 0.284. The number of hydrogen-bond acceptors (Lipinski definition) is 2. The van der Waals surface area contributed by atoms with Gasteiger partial charge in [-0.05, 0) is 32.6 Å². The summed E-state index contributed by atoms with van der Waals surface area (Å²) in [6, 6.07) is -0.109. The Morgan fingerprint density at radius 3 is 2.19 bits per heavy atom. The van der Waals surface area contributed by atoms with E-state index in [-0.39, 0.29) is 17.5 Å². The van der Waals surface area contributed by atoms with Crippen molar-refractivity contribution in [1.82, 2.24) is 5.32 Å². The molecule has 0 fully saturated rings. The van der Waals surface area contributed by atoms with Gasteiger partial charge in [-0.2, -0.15) is 0 Å². The minimum absolute atomic E-state index is 0.0404. The highest BCUT2D eigenvalue weighted by atomic mass is 15.1. The zero-order chi connectivity index (χ0) is 12.6. The SMILES string of the molecule is [CH2]C(N)CCC(CC=C)(CC=C)NC(=N)N. The Morgan fingerprint density at radius 2 is 1.88 bits per heavy atom. The molecule has 0 saturated heterocycles. The highest BCUT2D eigenvalue weighted by molar-refractivity contribution is 5.75. The molecule has 0 aliphatic heterocycles. The van der Waals surface area contributed by atoms with Crippen LogP contribution in [0.15, 0.2) is 25.3 Å². The Labute approximate surface area is 98.3 Å². The van der Waals surface area contributed by atoms with Crippen LogP contribution in [0.2, 0.25) is 0 Å². The summed E-state index contributed by atoms with van der Waals surface area (Å²) in [6.45, 7) is 11.2. The summed E-state index contributed by atoms with van der Waals surface area (Å²) in [5.41, 5.74) is 10.7. The molecule has 0 aromatic heterocycles. The Kier molecular flexibility index (Phi) is 6.49. The van der Waals surface area contributed by atoms with E-state index in [1.54, 1.807) is 0 Å². The zero-order valence-corrected chi connectivity index (χ0v) is 9.84. The fraction of sp³-hybridized carbons (Fsp3) is 0.500. The van der Waals surface area contributed by atoms with Crippen LogP contribution < -0.4 is 16.8 Å². The lowest BCUT2D eigenvalue weighted by Gasteiger charge is -2.34. The maximum absolute atomic E-state index is 7.34. The molecule has 1 radical (unpaired) electrons. The van der Waals surface area contributed by atoms with Crippen molar-refractivity contribution in [3.63, 3.8) is 0 Å². The van der Waals surface area contributed by atoms with Crippen LogP contribution in [0.5, 0.6) is 0 Å². The normalized spacial score (nSPS) is 12.9. The van der Waals surface area contributed by atoms with E-state index in [0.717, 1.165) is 12.8 Å².